The second-order valence-corrected chi connectivity index (χ2v) is 6.85. The lowest BCUT2D eigenvalue weighted by molar-refractivity contribution is -0.125. The van der Waals surface area contributed by atoms with Crippen LogP contribution in [0.15, 0.2) is 0 Å². The van der Waals surface area contributed by atoms with Crippen molar-refractivity contribution in [2.45, 2.75) is 72.4 Å². The van der Waals surface area contributed by atoms with Gasteiger partial charge in [0.1, 0.15) is 0 Å². The van der Waals surface area contributed by atoms with Crippen molar-refractivity contribution in [1.29, 1.82) is 0 Å². The molecule has 5 unspecified atom stereocenters. The Morgan fingerprint density at radius 3 is 2.47 bits per heavy atom. The van der Waals surface area contributed by atoms with Gasteiger partial charge >= 0.3 is 0 Å². The van der Waals surface area contributed by atoms with Crippen LogP contribution < -0.4 is 11.1 Å². The normalized spacial score (nSPS) is 31.0. The molecule has 1 amide bonds. The smallest absolute Gasteiger partial charge is 0.237 e. The first-order valence-electron chi connectivity index (χ1n) is 7.92. The Balaban J connectivity index is 2.63. The molecule has 1 rings (SSSR count). The minimum atomic E-state index is -0.366. The van der Waals surface area contributed by atoms with Crippen LogP contribution >= 0.6 is 0 Å². The zero-order valence-electron chi connectivity index (χ0n) is 13.3. The van der Waals surface area contributed by atoms with E-state index in [0.29, 0.717) is 23.8 Å². The number of rotatable bonds is 5. The van der Waals surface area contributed by atoms with Gasteiger partial charge in [0.05, 0.1) is 6.04 Å². The van der Waals surface area contributed by atoms with E-state index < -0.39 is 0 Å². The lowest BCUT2D eigenvalue weighted by Crippen LogP contribution is -2.52. The van der Waals surface area contributed by atoms with Crippen LogP contribution in [0, 0.1) is 23.7 Å². The Morgan fingerprint density at radius 1 is 1.32 bits per heavy atom. The summed E-state index contributed by atoms with van der Waals surface area (Å²) in [6, 6.07) is -0.0543. The third kappa shape index (κ3) is 4.48. The summed E-state index contributed by atoms with van der Waals surface area (Å²) in [5, 5.41) is 3.23. The molecule has 0 bridgehead atoms. The quantitative estimate of drug-likeness (QED) is 0.805. The van der Waals surface area contributed by atoms with Gasteiger partial charge in [-0.25, -0.2) is 0 Å². The molecule has 112 valence electrons. The van der Waals surface area contributed by atoms with Gasteiger partial charge in [-0.3, -0.25) is 4.79 Å². The number of hydrogen-bond donors (Lipinski definition) is 2. The van der Waals surface area contributed by atoms with E-state index in [4.69, 9.17) is 5.73 Å². The van der Waals surface area contributed by atoms with E-state index in [-0.39, 0.29) is 17.9 Å². The van der Waals surface area contributed by atoms with E-state index in [9.17, 15) is 4.79 Å². The van der Waals surface area contributed by atoms with Crippen molar-refractivity contribution in [3.63, 3.8) is 0 Å². The van der Waals surface area contributed by atoms with Crippen LogP contribution in [-0.2, 0) is 4.79 Å². The maximum atomic E-state index is 12.3. The van der Waals surface area contributed by atoms with E-state index in [1.165, 1.54) is 12.8 Å². The molecular formula is C16H32N2O. The van der Waals surface area contributed by atoms with Crippen LogP contribution in [0.2, 0.25) is 0 Å². The first kappa shape index (κ1) is 16.5. The second-order valence-electron chi connectivity index (χ2n) is 6.85. The molecule has 0 aliphatic heterocycles. The van der Waals surface area contributed by atoms with Gasteiger partial charge < -0.3 is 11.1 Å². The van der Waals surface area contributed by atoms with E-state index in [1.807, 2.05) is 6.92 Å². The van der Waals surface area contributed by atoms with Crippen LogP contribution in [0.1, 0.15) is 60.3 Å². The summed E-state index contributed by atoms with van der Waals surface area (Å²) in [4.78, 5) is 12.3. The summed E-state index contributed by atoms with van der Waals surface area (Å²) in [5.41, 5.74) is 6.03. The monoisotopic (exact) mass is 268 g/mol. The molecule has 5 atom stereocenters. The highest BCUT2D eigenvalue weighted by molar-refractivity contribution is 5.82. The molecule has 0 aromatic carbocycles. The molecular weight excluding hydrogens is 236 g/mol. The summed E-state index contributed by atoms with van der Waals surface area (Å²) in [6.45, 7) is 10.9. The van der Waals surface area contributed by atoms with Gasteiger partial charge in [-0.15, -0.1) is 0 Å². The fourth-order valence-electron chi connectivity index (χ4n) is 3.16. The molecule has 3 nitrogen and oxygen atoms in total. The predicted octanol–water partition coefficient (Wildman–Crippen LogP) is 2.94. The molecule has 1 saturated carbocycles. The standard InChI is InChI=1S/C16H32N2O/c1-6-12(5)15(17)16(19)18-14-9-11(4)7-8-13(14)10(2)3/h10-15H,6-9,17H2,1-5H3,(H,18,19). The molecule has 0 heterocycles. The third-order valence-corrected chi connectivity index (χ3v) is 4.91. The average Bonchev–Trinajstić information content (AvgIpc) is 2.36. The predicted molar refractivity (Wildman–Crippen MR) is 80.7 cm³/mol. The Labute approximate surface area is 118 Å². The third-order valence-electron chi connectivity index (χ3n) is 4.91. The van der Waals surface area contributed by atoms with E-state index in [2.05, 4.69) is 33.0 Å². The summed E-state index contributed by atoms with van der Waals surface area (Å²) in [7, 11) is 0. The molecule has 0 aromatic rings. The van der Waals surface area contributed by atoms with E-state index in [0.717, 1.165) is 12.8 Å². The minimum Gasteiger partial charge on any atom is -0.352 e. The first-order valence-corrected chi connectivity index (χ1v) is 7.92. The molecule has 1 aliphatic rings. The summed E-state index contributed by atoms with van der Waals surface area (Å²) in [6.07, 6.45) is 4.56. The van der Waals surface area contributed by atoms with Gasteiger partial charge in [-0.2, -0.15) is 0 Å². The lowest BCUT2D eigenvalue weighted by atomic mass is 9.74. The molecule has 0 aromatic heterocycles. The summed E-state index contributed by atoms with van der Waals surface area (Å²) >= 11 is 0. The molecule has 0 radical (unpaired) electrons. The van der Waals surface area contributed by atoms with Gasteiger partial charge in [0.2, 0.25) is 5.91 Å². The number of amides is 1. The van der Waals surface area contributed by atoms with Crippen molar-refractivity contribution < 1.29 is 4.79 Å². The largest absolute Gasteiger partial charge is 0.352 e. The summed E-state index contributed by atoms with van der Waals surface area (Å²) < 4.78 is 0. The molecule has 0 spiro atoms. The van der Waals surface area contributed by atoms with Gasteiger partial charge in [-0.1, -0.05) is 47.5 Å². The maximum absolute atomic E-state index is 12.3. The second kappa shape index (κ2) is 7.28. The van der Waals surface area contributed by atoms with Crippen molar-refractivity contribution in [2.24, 2.45) is 29.4 Å². The molecule has 3 N–H and O–H groups in total. The number of carbonyl (C=O) groups is 1. The van der Waals surface area contributed by atoms with Crippen molar-refractivity contribution in [3.8, 4) is 0 Å². The topological polar surface area (TPSA) is 55.1 Å². The van der Waals surface area contributed by atoms with Gasteiger partial charge in [0.15, 0.2) is 0 Å². The van der Waals surface area contributed by atoms with Gasteiger partial charge in [0, 0.05) is 6.04 Å². The van der Waals surface area contributed by atoms with Crippen molar-refractivity contribution in [3.05, 3.63) is 0 Å². The fourth-order valence-corrected chi connectivity index (χ4v) is 3.16. The summed E-state index contributed by atoms with van der Waals surface area (Å²) in [5.74, 6) is 2.22. The molecule has 1 aliphatic carbocycles. The number of nitrogens with one attached hydrogen (secondary N) is 1. The highest BCUT2D eigenvalue weighted by atomic mass is 16.2. The van der Waals surface area contributed by atoms with E-state index in [1.54, 1.807) is 0 Å². The Kier molecular flexibility index (Phi) is 6.31. The van der Waals surface area contributed by atoms with Crippen LogP contribution in [0.3, 0.4) is 0 Å². The van der Waals surface area contributed by atoms with Gasteiger partial charge in [-0.05, 0) is 36.5 Å². The van der Waals surface area contributed by atoms with Crippen molar-refractivity contribution in [1.82, 2.24) is 5.32 Å². The average molecular weight is 268 g/mol. The van der Waals surface area contributed by atoms with Gasteiger partial charge in [0.25, 0.3) is 0 Å². The Morgan fingerprint density at radius 2 is 1.95 bits per heavy atom. The number of nitrogens with two attached hydrogens (primary N) is 1. The minimum absolute atomic E-state index is 0.0408. The van der Waals surface area contributed by atoms with Crippen LogP contribution in [0.4, 0.5) is 0 Å². The van der Waals surface area contributed by atoms with Crippen LogP contribution in [-0.4, -0.2) is 18.0 Å². The SMILES string of the molecule is CCC(C)C(N)C(=O)NC1CC(C)CCC1C(C)C. The Bertz CT molecular complexity index is 290. The zero-order chi connectivity index (χ0) is 14.6. The van der Waals surface area contributed by atoms with Crippen LogP contribution in [0.5, 0.6) is 0 Å². The molecule has 1 fully saturated rings. The number of carbonyl (C=O) groups excluding carboxylic acids is 1. The highest BCUT2D eigenvalue weighted by Crippen LogP contribution is 2.33. The fraction of sp³-hybridized carbons (Fsp3) is 0.938. The molecule has 3 heteroatoms. The van der Waals surface area contributed by atoms with Crippen molar-refractivity contribution >= 4 is 5.91 Å². The maximum Gasteiger partial charge on any atom is 0.237 e. The zero-order valence-corrected chi connectivity index (χ0v) is 13.3. The van der Waals surface area contributed by atoms with E-state index >= 15 is 0 Å². The molecule has 19 heavy (non-hydrogen) atoms. The highest BCUT2D eigenvalue weighted by Gasteiger charge is 2.33. The first-order chi connectivity index (χ1) is 8.86. The van der Waals surface area contributed by atoms with Crippen LogP contribution in [0.25, 0.3) is 0 Å². The van der Waals surface area contributed by atoms with Crippen molar-refractivity contribution in [2.75, 3.05) is 0 Å². The molecule has 0 saturated heterocycles. The lowest BCUT2D eigenvalue weighted by Gasteiger charge is -2.38. The Hall–Kier alpha value is -0.570. The number of hydrogen-bond acceptors (Lipinski definition) is 2.